The molecule has 0 saturated carbocycles. The molecule has 2 heterocycles. The second-order valence-corrected chi connectivity index (χ2v) is 6.43. The first-order valence-electron chi connectivity index (χ1n) is 8.09. The first-order valence-corrected chi connectivity index (χ1v) is 8.09. The summed E-state index contributed by atoms with van der Waals surface area (Å²) >= 11 is 0. The minimum atomic E-state index is 0.191. The van der Waals surface area contributed by atoms with Crippen molar-refractivity contribution in [2.24, 2.45) is 7.05 Å². The Morgan fingerprint density at radius 1 is 1.39 bits per heavy atom. The summed E-state index contributed by atoms with van der Waals surface area (Å²) in [6, 6.07) is 8.69. The summed E-state index contributed by atoms with van der Waals surface area (Å²) in [5.74, 6) is 0.191. The fraction of sp³-hybridized carbons (Fsp3) is 0.444. The van der Waals surface area contributed by atoms with Gasteiger partial charge in [0.2, 0.25) is 5.91 Å². The SMILES string of the molecule is CN(C)c1cccc([C@@H]2CCCN2C(=O)Cc2cnn(C)c2)c1. The van der Waals surface area contributed by atoms with Crippen molar-refractivity contribution in [1.29, 1.82) is 0 Å². The molecule has 122 valence electrons. The Morgan fingerprint density at radius 3 is 2.91 bits per heavy atom. The van der Waals surface area contributed by atoms with E-state index in [-0.39, 0.29) is 11.9 Å². The Bertz CT molecular complexity index is 692. The number of aryl methyl sites for hydroxylation is 1. The Morgan fingerprint density at radius 2 is 2.22 bits per heavy atom. The van der Waals surface area contributed by atoms with Gasteiger partial charge in [-0.3, -0.25) is 9.48 Å². The molecule has 2 aromatic rings. The van der Waals surface area contributed by atoms with Gasteiger partial charge in [-0.25, -0.2) is 0 Å². The summed E-state index contributed by atoms with van der Waals surface area (Å²) < 4.78 is 1.74. The van der Waals surface area contributed by atoms with Crippen molar-refractivity contribution in [1.82, 2.24) is 14.7 Å². The molecule has 0 N–H and O–H groups in total. The van der Waals surface area contributed by atoms with Crippen LogP contribution in [0.1, 0.15) is 30.0 Å². The minimum absolute atomic E-state index is 0.191. The van der Waals surface area contributed by atoms with E-state index in [1.54, 1.807) is 10.9 Å². The number of amides is 1. The van der Waals surface area contributed by atoms with Crippen LogP contribution in [0.15, 0.2) is 36.7 Å². The van der Waals surface area contributed by atoms with E-state index in [2.05, 4.69) is 34.3 Å². The quantitative estimate of drug-likeness (QED) is 0.870. The number of nitrogens with zero attached hydrogens (tertiary/aromatic N) is 4. The van der Waals surface area contributed by atoms with Gasteiger partial charge in [0.05, 0.1) is 18.7 Å². The number of anilines is 1. The summed E-state index contributed by atoms with van der Waals surface area (Å²) in [6.07, 6.45) is 6.22. The van der Waals surface area contributed by atoms with Gasteiger partial charge in [0.25, 0.3) is 0 Å². The fourth-order valence-corrected chi connectivity index (χ4v) is 3.26. The Hall–Kier alpha value is -2.30. The number of benzene rings is 1. The molecule has 0 spiro atoms. The lowest BCUT2D eigenvalue weighted by atomic mass is 10.0. The van der Waals surface area contributed by atoms with Crippen LogP contribution in [0.25, 0.3) is 0 Å². The normalized spacial score (nSPS) is 17.5. The zero-order valence-electron chi connectivity index (χ0n) is 14.1. The van der Waals surface area contributed by atoms with Crippen molar-refractivity contribution < 1.29 is 4.79 Å². The summed E-state index contributed by atoms with van der Waals surface area (Å²) in [7, 11) is 5.96. The van der Waals surface area contributed by atoms with E-state index in [4.69, 9.17) is 0 Å². The number of rotatable bonds is 4. The molecule has 1 aliphatic rings. The Balaban J connectivity index is 1.77. The zero-order chi connectivity index (χ0) is 16.4. The molecular weight excluding hydrogens is 288 g/mol. The van der Waals surface area contributed by atoms with E-state index < -0.39 is 0 Å². The predicted octanol–water partition coefficient (Wildman–Crippen LogP) is 2.39. The van der Waals surface area contributed by atoms with Crippen molar-refractivity contribution in [2.75, 3.05) is 25.5 Å². The van der Waals surface area contributed by atoms with Gasteiger partial charge < -0.3 is 9.80 Å². The van der Waals surface area contributed by atoms with E-state index in [0.717, 1.165) is 24.9 Å². The third-order valence-electron chi connectivity index (χ3n) is 4.46. The van der Waals surface area contributed by atoms with E-state index in [0.29, 0.717) is 6.42 Å². The average molecular weight is 312 g/mol. The molecule has 5 heteroatoms. The molecule has 5 nitrogen and oxygen atoms in total. The van der Waals surface area contributed by atoms with E-state index >= 15 is 0 Å². The maximum absolute atomic E-state index is 12.7. The van der Waals surface area contributed by atoms with Crippen LogP contribution < -0.4 is 4.90 Å². The molecule has 3 rings (SSSR count). The molecule has 0 unspecified atom stereocenters. The van der Waals surface area contributed by atoms with Crippen LogP contribution in [0, 0.1) is 0 Å². The van der Waals surface area contributed by atoms with Crippen LogP contribution in [0.2, 0.25) is 0 Å². The largest absolute Gasteiger partial charge is 0.378 e. The van der Waals surface area contributed by atoms with E-state index in [1.807, 2.05) is 32.2 Å². The number of carbonyl (C=O) groups is 1. The molecule has 1 aromatic carbocycles. The summed E-state index contributed by atoms with van der Waals surface area (Å²) in [4.78, 5) is 16.8. The molecule has 0 radical (unpaired) electrons. The highest BCUT2D eigenvalue weighted by atomic mass is 16.2. The van der Waals surface area contributed by atoms with Crippen molar-refractivity contribution >= 4 is 11.6 Å². The Labute approximate surface area is 137 Å². The molecule has 0 aliphatic carbocycles. The second kappa shape index (κ2) is 6.44. The highest BCUT2D eigenvalue weighted by molar-refractivity contribution is 5.79. The van der Waals surface area contributed by atoms with Crippen LogP contribution in [0.3, 0.4) is 0 Å². The van der Waals surface area contributed by atoms with Gasteiger partial charge in [-0.15, -0.1) is 0 Å². The highest BCUT2D eigenvalue weighted by Crippen LogP contribution is 2.33. The predicted molar refractivity (Wildman–Crippen MR) is 91.4 cm³/mol. The standard InChI is InChI=1S/C18H24N4O/c1-20(2)16-7-4-6-15(11-16)17-8-5-9-22(17)18(23)10-14-12-19-21(3)13-14/h4,6-7,11-13,17H,5,8-10H2,1-3H3/t17-/m0/s1. The average Bonchev–Trinajstić information content (AvgIpc) is 3.16. The Kier molecular flexibility index (Phi) is 4.37. The number of likely N-dealkylation sites (tertiary alicyclic amines) is 1. The first kappa shape index (κ1) is 15.6. The lowest BCUT2D eigenvalue weighted by Crippen LogP contribution is -2.31. The van der Waals surface area contributed by atoms with Crippen LogP contribution >= 0.6 is 0 Å². The van der Waals surface area contributed by atoms with Gasteiger partial charge in [0.15, 0.2) is 0 Å². The fourth-order valence-electron chi connectivity index (χ4n) is 3.26. The van der Waals surface area contributed by atoms with E-state index in [1.165, 1.54) is 11.3 Å². The molecule has 1 aromatic heterocycles. The summed E-state index contributed by atoms with van der Waals surface area (Å²) in [5.41, 5.74) is 3.38. The molecule has 1 fully saturated rings. The van der Waals surface area contributed by atoms with Gasteiger partial charge in [0, 0.05) is 39.6 Å². The third-order valence-corrected chi connectivity index (χ3v) is 4.46. The molecule has 0 bridgehead atoms. The minimum Gasteiger partial charge on any atom is -0.378 e. The van der Waals surface area contributed by atoms with Crippen LogP contribution in [0.4, 0.5) is 5.69 Å². The highest BCUT2D eigenvalue weighted by Gasteiger charge is 2.30. The number of carbonyl (C=O) groups excluding carboxylic acids is 1. The number of aromatic nitrogens is 2. The second-order valence-electron chi connectivity index (χ2n) is 6.43. The molecule has 1 aliphatic heterocycles. The third kappa shape index (κ3) is 3.38. The lowest BCUT2D eigenvalue weighted by molar-refractivity contribution is -0.131. The van der Waals surface area contributed by atoms with Crippen molar-refractivity contribution in [3.63, 3.8) is 0 Å². The van der Waals surface area contributed by atoms with Gasteiger partial charge in [0.1, 0.15) is 0 Å². The van der Waals surface area contributed by atoms with Gasteiger partial charge >= 0.3 is 0 Å². The van der Waals surface area contributed by atoms with Crippen LogP contribution in [0.5, 0.6) is 0 Å². The monoisotopic (exact) mass is 312 g/mol. The summed E-state index contributed by atoms with van der Waals surface area (Å²) in [5, 5.41) is 4.14. The first-order chi connectivity index (χ1) is 11.0. The summed E-state index contributed by atoms with van der Waals surface area (Å²) in [6.45, 7) is 0.843. The number of hydrogen-bond donors (Lipinski definition) is 0. The van der Waals surface area contributed by atoms with E-state index in [9.17, 15) is 4.79 Å². The smallest absolute Gasteiger partial charge is 0.227 e. The maximum atomic E-state index is 12.7. The van der Waals surface area contributed by atoms with Crippen LogP contribution in [-0.2, 0) is 18.3 Å². The maximum Gasteiger partial charge on any atom is 0.227 e. The van der Waals surface area contributed by atoms with Gasteiger partial charge in [-0.2, -0.15) is 5.10 Å². The van der Waals surface area contributed by atoms with Crippen molar-refractivity contribution in [3.05, 3.63) is 47.8 Å². The molecular formula is C18H24N4O. The molecule has 1 atom stereocenters. The molecule has 23 heavy (non-hydrogen) atoms. The number of hydrogen-bond acceptors (Lipinski definition) is 3. The molecule has 1 saturated heterocycles. The van der Waals surface area contributed by atoms with Crippen molar-refractivity contribution in [3.8, 4) is 0 Å². The van der Waals surface area contributed by atoms with Crippen LogP contribution in [-0.4, -0.2) is 41.2 Å². The topological polar surface area (TPSA) is 41.4 Å². The zero-order valence-corrected chi connectivity index (χ0v) is 14.1. The van der Waals surface area contributed by atoms with Crippen molar-refractivity contribution in [2.45, 2.75) is 25.3 Å². The van der Waals surface area contributed by atoms with Gasteiger partial charge in [-0.1, -0.05) is 12.1 Å². The molecule has 1 amide bonds. The lowest BCUT2D eigenvalue weighted by Gasteiger charge is -2.26. The van der Waals surface area contributed by atoms with Gasteiger partial charge in [-0.05, 0) is 36.1 Å².